The van der Waals surface area contributed by atoms with Crippen LogP contribution in [-0.2, 0) is 4.74 Å². The molecule has 1 aliphatic heterocycles. The molecule has 30 heavy (non-hydrogen) atoms. The number of aromatic hydroxyl groups is 1. The smallest absolute Gasteiger partial charge is 0.337 e. The molecule has 0 amide bonds. The predicted molar refractivity (Wildman–Crippen MR) is 120 cm³/mol. The van der Waals surface area contributed by atoms with E-state index in [-0.39, 0.29) is 23.9 Å². The summed E-state index contributed by atoms with van der Waals surface area (Å²) in [5.74, 6) is -0.115. The maximum atomic E-state index is 11.7. The standard InChI is InChI=1S/C24H21BrN2O3/c1-30-24(29)17-8-6-16(7-9-17)23-26-20(15-10-12-18(25)13-11-15)14-21(27-23)19-4-2-3-5-22(19)28/h2-13,21,23,27-28H,14H2,1H3/t21-,23+/m0/s1. The topological polar surface area (TPSA) is 70.9 Å². The Morgan fingerprint density at radius 3 is 2.43 bits per heavy atom. The number of phenolic OH excluding ortho intramolecular Hbond substituents is 1. The third-order valence-corrected chi connectivity index (χ3v) is 5.71. The molecule has 3 aromatic carbocycles. The number of halogens is 1. The molecule has 0 unspecified atom stereocenters. The molecule has 4 rings (SSSR count). The van der Waals surface area contributed by atoms with Crippen LogP contribution in [0, 0.1) is 0 Å². The van der Waals surface area contributed by atoms with Crippen LogP contribution < -0.4 is 5.32 Å². The van der Waals surface area contributed by atoms with Gasteiger partial charge in [-0.2, -0.15) is 0 Å². The zero-order chi connectivity index (χ0) is 21.1. The molecule has 0 fully saturated rings. The van der Waals surface area contributed by atoms with Gasteiger partial charge < -0.3 is 9.84 Å². The molecule has 152 valence electrons. The first-order valence-corrected chi connectivity index (χ1v) is 10.4. The lowest BCUT2D eigenvalue weighted by molar-refractivity contribution is 0.0600. The van der Waals surface area contributed by atoms with Crippen molar-refractivity contribution in [1.82, 2.24) is 5.32 Å². The zero-order valence-electron chi connectivity index (χ0n) is 16.4. The van der Waals surface area contributed by atoms with E-state index in [9.17, 15) is 9.90 Å². The fourth-order valence-electron chi connectivity index (χ4n) is 3.60. The van der Waals surface area contributed by atoms with Crippen molar-refractivity contribution in [2.24, 2.45) is 4.99 Å². The molecular formula is C24H21BrN2O3. The van der Waals surface area contributed by atoms with Crippen LogP contribution in [0.1, 0.15) is 45.7 Å². The van der Waals surface area contributed by atoms with Crippen LogP contribution in [-0.4, -0.2) is 23.9 Å². The summed E-state index contributed by atoms with van der Waals surface area (Å²) in [4.78, 5) is 16.7. The number of nitrogens with zero attached hydrogens (tertiary/aromatic N) is 1. The molecule has 0 aliphatic carbocycles. The summed E-state index contributed by atoms with van der Waals surface area (Å²) in [5.41, 5.74) is 4.25. The first kappa shape index (κ1) is 20.3. The van der Waals surface area contributed by atoms with E-state index < -0.39 is 0 Å². The number of ether oxygens (including phenoxy) is 1. The summed E-state index contributed by atoms with van der Waals surface area (Å²) in [6, 6.07) is 22.5. The van der Waals surface area contributed by atoms with Gasteiger partial charge in [-0.15, -0.1) is 0 Å². The molecule has 0 saturated carbocycles. The van der Waals surface area contributed by atoms with E-state index in [1.807, 2.05) is 54.6 Å². The Morgan fingerprint density at radius 1 is 1.07 bits per heavy atom. The number of aliphatic imine (C=N–C) groups is 1. The number of carbonyl (C=O) groups is 1. The summed E-state index contributed by atoms with van der Waals surface area (Å²) < 4.78 is 5.79. The third-order valence-electron chi connectivity index (χ3n) is 5.18. The minimum atomic E-state index is -0.371. The maximum absolute atomic E-state index is 11.7. The Bertz CT molecular complexity index is 1080. The fourth-order valence-corrected chi connectivity index (χ4v) is 3.86. The van der Waals surface area contributed by atoms with Crippen LogP contribution in [0.3, 0.4) is 0 Å². The lowest BCUT2D eigenvalue weighted by atomic mass is 9.93. The number of nitrogens with one attached hydrogen (secondary N) is 1. The van der Waals surface area contributed by atoms with Gasteiger partial charge in [0.2, 0.25) is 0 Å². The van der Waals surface area contributed by atoms with Crippen LogP contribution in [0.25, 0.3) is 0 Å². The van der Waals surface area contributed by atoms with E-state index >= 15 is 0 Å². The van der Waals surface area contributed by atoms with Gasteiger partial charge in [-0.25, -0.2) is 4.79 Å². The number of benzene rings is 3. The Hall–Kier alpha value is -2.96. The first-order valence-electron chi connectivity index (χ1n) is 9.60. The van der Waals surface area contributed by atoms with Gasteiger partial charge in [0, 0.05) is 28.2 Å². The molecule has 5 nitrogen and oxygen atoms in total. The molecule has 1 aliphatic rings. The second kappa shape index (κ2) is 8.81. The number of esters is 1. The van der Waals surface area contributed by atoms with Crippen LogP contribution in [0.2, 0.25) is 0 Å². The number of methoxy groups -OCH3 is 1. The average Bonchev–Trinajstić information content (AvgIpc) is 2.79. The van der Waals surface area contributed by atoms with Gasteiger partial charge >= 0.3 is 5.97 Å². The quantitative estimate of drug-likeness (QED) is 0.522. The molecule has 0 aromatic heterocycles. The summed E-state index contributed by atoms with van der Waals surface area (Å²) >= 11 is 3.48. The third kappa shape index (κ3) is 4.30. The largest absolute Gasteiger partial charge is 0.508 e. The number of hydrogen-bond acceptors (Lipinski definition) is 5. The van der Waals surface area contributed by atoms with Gasteiger partial charge in [-0.1, -0.05) is 58.4 Å². The van der Waals surface area contributed by atoms with E-state index in [1.54, 1.807) is 18.2 Å². The summed E-state index contributed by atoms with van der Waals surface area (Å²) in [6.45, 7) is 0. The fraction of sp³-hybridized carbons (Fsp3) is 0.167. The van der Waals surface area contributed by atoms with Gasteiger partial charge in [0.15, 0.2) is 0 Å². The van der Waals surface area contributed by atoms with Gasteiger partial charge in [0.1, 0.15) is 11.9 Å². The zero-order valence-corrected chi connectivity index (χ0v) is 18.0. The molecule has 0 radical (unpaired) electrons. The number of rotatable bonds is 4. The predicted octanol–water partition coefficient (Wildman–Crippen LogP) is 5.16. The van der Waals surface area contributed by atoms with E-state index in [0.717, 1.165) is 26.9 Å². The summed E-state index contributed by atoms with van der Waals surface area (Å²) in [7, 11) is 1.37. The van der Waals surface area contributed by atoms with Crippen LogP contribution in [0.4, 0.5) is 0 Å². The molecule has 0 saturated heterocycles. The SMILES string of the molecule is COC(=O)c1ccc([C@@H]2N=C(c3ccc(Br)cc3)C[C@@H](c3ccccc3O)N2)cc1. The van der Waals surface area contributed by atoms with Gasteiger partial charge in [0.05, 0.1) is 12.7 Å². The van der Waals surface area contributed by atoms with Crippen molar-refractivity contribution in [3.05, 3.63) is 99.5 Å². The lowest BCUT2D eigenvalue weighted by Crippen LogP contribution is -2.33. The monoisotopic (exact) mass is 464 g/mol. The van der Waals surface area contributed by atoms with Crippen LogP contribution in [0.5, 0.6) is 5.75 Å². The Labute approximate surface area is 183 Å². The molecule has 0 spiro atoms. The molecule has 1 heterocycles. The molecule has 3 aromatic rings. The van der Waals surface area contributed by atoms with E-state index in [2.05, 4.69) is 21.2 Å². The van der Waals surface area contributed by atoms with Crippen molar-refractivity contribution in [2.45, 2.75) is 18.6 Å². The molecular weight excluding hydrogens is 444 g/mol. The van der Waals surface area contributed by atoms with Gasteiger partial charge in [0.25, 0.3) is 0 Å². The van der Waals surface area contributed by atoms with Crippen molar-refractivity contribution >= 4 is 27.6 Å². The molecule has 2 N–H and O–H groups in total. The Morgan fingerprint density at radius 2 is 1.77 bits per heavy atom. The van der Waals surface area contributed by atoms with E-state index in [0.29, 0.717) is 12.0 Å². The number of carbonyl (C=O) groups excluding carboxylic acids is 1. The van der Waals surface area contributed by atoms with Crippen molar-refractivity contribution in [3.8, 4) is 5.75 Å². The summed E-state index contributed by atoms with van der Waals surface area (Å²) in [5, 5.41) is 13.9. The minimum Gasteiger partial charge on any atom is -0.508 e. The lowest BCUT2D eigenvalue weighted by Gasteiger charge is -2.31. The van der Waals surface area contributed by atoms with Crippen molar-refractivity contribution in [2.75, 3.05) is 7.11 Å². The van der Waals surface area contributed by atoms with E-state index in [1.165, 1.54) is 7.11 Å². The molecule has 6 heteroatoms. The summed E-state index contributed by atoms with van der Waals surface area (Å²) in [6.07, 6.45) is 0.337. The second-order valence-electron chi connectivity index (χ2n) is 7.08. The van der Waals surface area contributed by atoms with Gasteiger partial charge in [-0.3, -0.25) is 10.3 Å². The highest BCUT2D eigenvalue weighted by Crippen LogP contribution is 2.34. The molecule has 0 bridgehead atoms. The second-order valence-corrected chi connectivity index (χ2v) is 8.00. The van der Waals surface area contributed by atoms with Gasteiger partial charge in [-0.05, 0) is 41.5 Å². The number of hydrogen-bond donors (Lipinski definition) is 2. The van der Waals surface area contributed by atoms with Crippen molar-refractivity contribution in [1.29, 1.82) is 0 Å². The average molecular weight is 465 g/mol. The minimum absolute atomic E-state index is 0.104. The van der Waals surface area contributed by atoms with E-state index in [4.69, 9.17) is 9.73 Å². The van der Waals surface area contributed by atoms with Crippen LogP contribution >= 0.6 is 15.9 Å². The highest BCUT2D eigenvalue weighted by molar-refractivity contribution is 9.10. The first-order chi connectivity index (χ1) is 14.5. The van der Waals surface area contributed by atoms with Crippen molar-refractivity contribution in [3.63, 3.8) is 0 Å². The highest BCUT2D eigenvalue weighted by Gasteiger charge is 2.27. The number of phenols is 1. The van der Waals surface area contributed by atoms with Crippen molar-refractivity contribution < 1.29 is 14.6 Å². The Kier molecular flexibility index (Phi) is 5.97. The maximum Gasteiger partial charge on any atom is 0.337 e. The number of para-hydroxylation sites is 1. The highest BCUT2D eigenvalue weighted by atomic mass is 79.9. The normalized spacial score (nSPS) is 18.5. The molecule has 2 atom stereocenters. The Balaban J connectivity index is 1.71. The van der Waals surface area contributed by atoms with Crippen LogP contribution in [0.15, 0.2) is 82.3 Å².